The number of nitrogens with zero attached hydrogens (tertiary/aromatic N) is 1. The first kappa shape index (κ1) is 18.3. The SMILES string of the molecule is Cc1ccc(NC(=O)C(C)Sc2ccc(C(F)(F)F)cn2)c(C)c1. The molecule has 1 aromatic heterocycles. The van der Waals surface area contributed by atoms with Crippen LogP contribution in [-0.2, 0) is 11.0 Å². The maximum Gasteiger partial charge on any atom is 0.417 e. The molecule has 0 saturated heterocycles. The van der Waals surface area contributed by atoms with Crippen LogP contribution >= 0.6 is 11.8 Å². The van der Waals surface area contributed by atoms with Gasteiger partial charge in [0.05, 0.1) is 15.8 Å². The van der Waals surface area contributed by atoms with E-state index in [1.165, 1.54) is 6.07 Å². The molecule has 0 fully saturated rings. The average molecular weight is 354 g/mol. The molecule has 0 aliphatic rings. The maximum absolute atomic E-state index is 12.5. The summed E-state index contributed by atoms with van der Waals surface area (Å²) in [4.78, 5) is 16.0. The monoisotopic (exact) mass is 354 g/mol. The Kier molecular flexibility index (Phi) is 5.54. The Morgan fingerprint density at radius 1 is 1.21 bits per heavy atom. The normalized spacial score (nSPS) is 12.8. The molecule has 2 rings (SSSR count). The standard InChI is InChI=1S/C17H17F3N2OS/c1-10-4-6-14(11(2)8-10)22-16(23)12(3)24-15-7-5-13(9-21-15)17(18,19)20/h4-9,12H,1-3H3,(H,22,23). The van der Waals surface area contributed by atoms with Gasteiger partial charge in [-0.05, 0) is 44.5 Å². The lowest BCUT2D eigenvalue weighted by atomic mass is 10.1. The van der Waals surface area contributed by atoms with Gasteiger partial charge in [-0.2, -0.15) is 13.2 Å². The second-order valence-corrected chi connectivity index (χ2v) is 6.81. The first-order chi connectivity index (χ1) is 11.2. The molecule has 128 valence electrons. The van der Waals surface area contributed by atoms with Crippen molar-refractivity contribution >= 4 is 23.4 Å². The van der Waals surface area contributed by atoms with Crippen LogP contribution in [0.25, 0.3) is 0 Å². The number of nitrogens with one attached hydrogen (secondary N) is 1. The molecule has 7 heteroatoms. The van der Waals surface area contributed by atoms with Crippen molar-refractivity contribution in [2.75, 3.05) is 5.32 Å². The molecule has 2 aromatic rings. The van der Waals surface area contributed by atoms with Crippen LogP contribution in [0.3, 0.4) is 0 Å². The van der Waals surface area contributed by atoms with E-state index in [1.54, 1.807) is 6.92 Å². The van der Waals surface area contributed by atoms with Crippen molar-refractivity contribution in [3.05, 3.63) is 53.2 Å². The van der Waals surface area contributed by atoms with Gasteiger partial charge >= 0.3 is 6.18 Å². The molecule has 1 heterocycles. The minimum Gasteiger partial charge on any atom is -0.325 e. The summed E-state index contributed by atoms with van der Waals surface area (Å²) in [6.07, 6.45) is -3.64. The lowest BCUT2D eigenvalue weighted by Crippen LogP contribution is -2.23. The molecule has 1 aromatic carbocycles. The molecule has 1 amide bonds. The fourth-order valence-corrected chi connectivity index (χ4v) is 2.83. The van der Waals surface area contributed by atoms with Crippen LogP contribution in [0.5, 0.6) is 0 Å². The minimum absolute atomic E-state index is 0.228. The van der Waals surface area contributed by atoms with Gasteiger partial charge in [0.1, 0.15) is 0 Å². The summed E-state index contributed by atoms with van der Waals surface area (Å²) < 4.78 is 37.5. The molecule has 1 N–H and O–H groups in total. The Labute approximate surface area is 142 Å². The summed E-state index contributed by atoms with van der Waals surface area (Å²) in [6, 6.07) is 7.93. The molecule has 0 aliphatic carbocycles. The molecule has 1 atom stereocenters. The molecule has 3 nitrogen and oxygen atoms in total. The smallest absolute Gasteiger partial charge is 0.325 e. The van der Waals surface area contributed by atoms with Gasteiger partial charge in [0.25, 0.3) is 0 Å². The van der Waals surface area contributed by atoms with Crippen LogP contribution in [0.15, 0.2) is 41.6 Å². The van der Waals surface area contributed by atoms with E-state index in [2.05, 4.69) is 10.3 Å². The summed E-state index contributed by atoms with van der Waals surface area (Å²) >= 11 is 1.11. The Morgan fingerprint density at radius 2 is 1.92 bits per heavy atom. The van der Waals surface area contributed by atoms with Crippen LogP contribution in [0.1, 0.15) is 23.6 Å². The number of halogens is 3. The zero-order valence-electron chi connectivity index (χ0n) is 13.4. The number of aryl methyl sites for hydroxylation is 2. The van der Waals surface area contributed by atoms with Crippen molar-refractivity contribution in [3.8, 4) is 0 Å². The topological polar surface area (TPSA) is 42.0 Å². The number of carbonyl (C=O) groups excluding carboxylic acids is 1. The first-order valence-corrected chi connectivity index (χ1v) is 8.13. The Bertz CT molecular complexity index is 730. The van der Waals surface area contributed by atoms with Gasteiger partial charge in [-0.25, -0.2) is 4.98 Å². The molecule has 1 unspecified atom stereocenters. The third kappa shape index (κ3) is 4.74. The predicted octanol–water partition coefficient (Wildman–Crippen LogP) is 4.84. The summed E-state index contributed by atoms with van der Waals surface area (Å²) in [7, 11) is 0. The van der Waals surface area contributed by atoms with Gasteiger partial charge in [-0.1, -0.05) is 29.5 Å². The van der Waals surface area contributed by atoms with E-state index in [4.69, 9.17) is 0 Å². The van der Waals surface area contributed by atoms with E-state index in [1.807, 2.05) is 32.0 Å². The number of amides is 1. The third-order valence-electron chi connectivity index (χ3n) is 3.37. The highest BCUT2D eigenvalue weighted by atomic mass is 32.2. The largest absolute Gasteiger partial charge is 0.417 e. The van der Waals surface area contributed by atoms with Crippen molar-refractivity contribution in [1.29, 1.82) is 0 Å². The van der Waals surface area contributed by atoms with Crippen molar-refractivity contribution in [3.63, 3.8) is 0 Å². The van der Waals surface area contributed by atoms with Crippen LogP contribution in [0.2, 0.25) is 0 Å². The molecular formula is C17H17F3N2OS. The van der Waals surface area contributed by atoms with Gasteiger partial charge in [0.15, 0.2) is 0 Å². The second-order valence-electron chi connectivity index (χ2n) is 5.45. The zero-order chi connectivity index (χ0) is 17.9. The average Bonchev–Trinajstić information content (AvgIpc) is 2.49. The highest BCUT2D eigenvalue weighted by Crippen LogP contribution is 2.30. The Balaban J connectivity index is 2.01. The summed E-state index contributed by atoms with van der Waals surface area (Å²) in [5.41, 5.74) is 1.97. The lowest BCUT2D eigenvalue weighted by molar-refractivity contribution is -0.137. The summed E-state index contributed by atoms with van der Waals surface area (Å²) in [6.45, 7) is 5.55. The number of aromatic nitrogens is 1. The minimum atomic E-state index is -4.41. The van der Waals surface area contributed by atoms with Crippen LogP contribution in [-0.4, -0.2) is 16.1 Å². The number of benzene rings is 1. The quantitative estimate of drug-likeness (QED) is 0.799. The number of anilines is 1. The fourth-order valence-electron chi connectivity index (χ4n) is 2.04. The van der Waals surface area contributed by atoms with Crippen molar-refractivity contribution in [2.45, 2.75) is 37.2 Å². The Morgan fingerprint density at radius 3 is 2.46 bits per heavy atom. The number of alkyl halides is 3. The number of hydrogen-bond acceptors (Lipinski definition) is 3. The Hall–Kier alpha value is -2.02. The number of pyridine rings is 1. The third-order valence-corrected chi connectivity index (χ3v) is 4.42. The first-order valence-electron chi connectivity index (χ1n) is 7.25. The fraction of sp³-hybridized carbons (Fsp3) is 0.294. The van der Waals surface area contributed by atoms with Gasteiger partial charge < -0.3 is 5.32 Å². The van der Waals surface area contributed by atoms with Gasteiger partial charge in [-0.3, -0.25) is 4.79 Å². The van der Waals surface area contributed by atoms with Gasteiger partial charge in [-0.15, -0.1) is 0 Å². The molecule has 0 saturated carbocycles. The summed E-state index contributed by atoms with van der Waals surface area (Å²) in [5.74, 6) is -0.228. The second kappa shape index (κ2) is 7.25. The van der Waals surface area contributed by atoms with Gasteiger partial charge in [0.2, 0.25) is 5.91 Å². The number of carbonyl (C=O) groups is 1. The number of thioether (sulfide) groups is 1. The van der Waals surface area contributed by atoms with Crippen LogP contribution in [0, 0.1) is 13.8 Å². The predicted molar refractivity (Wildman–Crippen MR) is 89.1 cm³/mol. The maximum atomic E-state index is 12.5. The highest BCUT2D eigenvalue weighted by molar-refractivity contribution is 8.00. The van der Waals surface area contributed by atoms with Crippen molar-refractivity contribution in [1.82, 2.24) is 4.98 Å². The molecule has 0 radical (unpaired) electrons. The van der Waals surface area contributed by atoms with Crippen LogP contribution in [0.4, 0.5) is 18.9 Å². The summed E-state index contributed by atoms with van der Waals surface area (Å²) in [5, 5.41) is 2.70. The molecule has 0 aliphatic heterocycles. The van der Waals surface area contributed by atoms with E-state index in [9.17, 15) is 18.0 Å². The van der Waals surface area contributed by atoms with E-state index >= 15 is 0 Å². The van der Waals surface area contributed by atoms with E-state index < -0.39 is 17.0 Å². The molecular weight excluding hydrogens is 337 g/mol. The van der Waals surface area contributed by atoms with E-state index in [0.717, 1.165) is 40.8 Å². The molecule has 0 bridgehead atoms. The highest BCUT2D eigenvalue weighted by Gasteiger charge is 2.30. The van der Waals surface area contributed by atoms with Crippen molar-refractivity contribution < 1.29 is 18.0 Å². The zero-order valence-corrected chi connectivity index (χ0v) is 14.3. The van der Waals surface area contributed by atoms with Crippen LogP contribution < -0.4 is 5.32 Å². The number of hydrogen-bond donors (Lipinski definition) is 1. The lowest BCUT2D eigenvalue weighted by Gasteiger charge is -2.14. The number of rotatable bonds is 4. The van der Waals surface area contributed by atoms with Gasteiger partial charge in [0, 0.05) is 11.9 Å². The van der Waals surface area contributed by atoms with E-state index in [0.29, 0.717) is 5.03 Å². The van der Waals surface area contributed by atoms with E-state index in [-0.39, 0.29) is 5.91 Å². The van der Waals surface area contributed by atoms with Crippen molar-refractivity contribution in [2.24, 2.45) is 0 Å². The molecule has 0 spiro atoms. The molecule has 24 heavy (non-hydrogen) atoms.